The summed E-state index contributed by atoms with van der Waals surface area (Å²) in [6.45, 7) is 3.77. The summed E-state index contributed by atoms with van der Waals surface area (Å²) in [6.07, 6.45) is 1.34. The molecule has 4 N–H and O–H groups in total. The largest absolute Gasteiger partial charge is 0.394 e. The monoisotopic (exact) mass is 243 g/mol. The second-order valence-electron chi connectivity index (χ2n) is 3.67. The number of hydrogen-bond donors (Lipinski definition) is 3. The van der Waals surface area contributed by atoms with Crippen LogP contribution in [0.25, 0.3) is 0 Å². The first-order valence-corrected chi connectivity index (χ1v) is 6.09. The summed E-state index contributed by atoms with van der Waals surface area (Å²) >= 11 is 1.22. The number of aliphatic hydroxyl groups excluding tert-OH is 1. The Hall–Kier alpha value is -1.14. The van der Waals surface area contributed by atoms with Crippen molar-refractivity contribution in [2.24, 2.45) is 0 Å². The van der Waals surface area contributed by atoms with Gasteiger partial charge in [0.2, 0.25) is 0 Å². The lowest BCUT2D eigenvalue weighted by atomic mass is 9.94. The summed E-state index contributed by atoms with van der Waals surface area (Å²) in [4.78, 5) is 15.7. The van der Waals surface area contributed by atoms with E-state index in [0.29, 0.717) is 23.7 Å². The zero-order valence-electron chi connectivity index (χ0n) is 9.49. The first-order valence-electron chi connectivity index (χ1n) is 5.21. The summed E-state index contributed by atoms with van der Waals surface area (Å²) in [5, 5.41) is 14.1. The number of carbonyl (C=O) groups is 1. The second-order valence-corrected chi connectivity index (χ2v) is 4.56. The van der Waals surface area contributed by atoms with E-state index in [-0.39, 0.29) is 12.5 Å². The Balaban J connectivity index is 2.76. The minimum absolute atomic E-state index is 0.0780. The molecule has 0 fully saturated rings. The predicted octanol–water partition coefficient (Wildman–Crippen LogP) is 1.01. The average Bonchev–Trinajstić information content (AvgIpc) is 2.73. The van der Waals surface area contributed by atoms with Crippen LogP contribution >= 0.6 is 11.3 Å². The molecule has 0 saturated heterocycles. The summed E-state index contributed by atoms with van der Waals surface area (Å²) in [5.41, 5.74) is 5.20. The fourth-order valence-corrected chi connectivity index (χ4v) is 1.93. The molecule has 0 aliphatic rings. The van der Waals surface area contributed by atoms with Crippen molar-refractivity contribution in [3.63, 3.8) is 0 Å². The number of rotatable bonds is 5. The molecule has 1 amide bonds. The van der Waals surface area contributed by atoms with Crippen LogP contribution in [0.15, 0.2) is 5.38 Å². The zero-order chi connectivity index (χ0) is 12.2. The molecule has 0 aliphatic carbocycles. The molecule has 16 heavy (non-hydrogen) atoms. The molecule has 1 aromatic heterocycles. The van der Waals surface area contributed by atoms with Crippen LogP contribution in [0.3, 0.4) is 0 Å². The maximum Gasteiger partial charge on any atom is 0.271 e. The SMILES string of the molecule is CCC(CC)(CO)NC(=O)c1csc(N)n1. The van der Waals surface area contributed by atoms with E-state index in [1.807, 2.05) is 13.8 Å². The number of nitrogen functional groups attached to an aromatic ring is 1. The van der Waals surface area contributed by atoms with Crippen LogP contribution < -0.4 is 11.1 Å². The molecule has 0 aliphatic heterocycles. The Kier molecular flexibility index (Phi) is 4.26. The second kappa shape index (κ2) is 5.27. The molecule has 1 heterocycles. The van der Waals surface area contributed by atoms with Gasteiger partial charge in [-0.3, -0.25) is 4.79 Å². The van der Waals surface area contributed by atoms with Gasteiger partial charge in [-0.1, -0.05) is 13.8 Å². The highest BCUT2D eigenvalue weighted by atomic mass is 32.1. The van der Waals surface area contributed by atoms with Crippen molar-refractivity contribution >= 4 is 22.4 Å². The molecule has 0 aromatic carbocycles. The lowest BCUT2D eigenvalue weighted by Crippen LogP contribution is -2.50. The van der Waals surface area contributed by atoms with E-state index in [1.165, 1.54) is 11.3 Å². The normalized spacial score (nSPS) is 11.4. The molecule has 0 saturated carbocycles. The highest BCUT2D eigenvalue weighted by Gasteiger charge is 2.28. The standard InChI is InChI=1S/C10H17N3O2S/c1-3-10(4-2,6-14)13-8(15)7-5-16-9(11)12-7/h5,14H,3-4,6H2,1-2H3,(H2,11,12)(H,13,15). The molecule has 5 nitrogen and oxygen atoms in total. The number of aliphatic hydroxyl groups is 1. The molecule has 0 radical (unpaired) electrons. The highest BCUT2D eigenvalue weighted by Crippen LogP contribution is 2.16. The number of carbonyl (C=O) groups excluding carboxylic acids is 1. The van der Waals surface area contributed by atoms with Gasteiger partial charge in [0.15, 0.2) is 5.13 Å². The molecule has 0 atom stereocenters. The minimum atomic E-state index is -0.560. The predicted molar refractivity (Wildman–Crippen MR) is 64.4 cm³/mol. The fourth-order valence-electron chi connectivity index (χ4n) is 1.39. The van der Waals surface area contributed by atoms with Gasteiger partial charge in [-0.25, -0.2) is 4.98 Å². The summed E-state index contributed by atoms with van der Waals surface area (Å²) in [6, 6.07) is 0. The zero-order valence-corrected chi connectivity index (χ0v) is 10.3. The van der Waals surface area contributed by atoms with Crippen LogP contribution in [0, 0.1) is 0 Å². The van der Waals surface area contributed by atoms with Gasteiger partial charge < -0.3 is 16.2 Å². The average molecular weight is 243 g/mol. The third-order valence-electron chi connectivity index (χ3n) is 2.79. The Morgan fingerprint density at radius 3 is 2.62 bits per heavy atom. The number of aromatic nitrogens is 1. The van der Waals surface area contributed by atoms with Crippen molar-refractivity contribution in [2.45, 2.75) is 32.2 Å². The Morgan fingerprint density at radius 1 is 1.62 bits per heavy atom. The fraction of sp³-hybridized carbons (Fsp3) is 0.600. The molecule has 1 aromatic rings. The number of thiazole rings is 1. The van der Waals surface area contributed by atoms with Crippen LogP contribution in [0.2, 0.25) is 0 Å². The number of amides is 1. The van der Waals surface area contributed by atoms with E-state index in [0.717, 1.165) is 0 Å². The molecule has 1 rings (SSSR count). The van der Waals surface area contributed by atoms with Gasteiger partial charge in [-0.2, -0.15) is 0 Å². The van der Waals surface area contributed by atoms with Crippen molar-refractivity contribution in [1.29, 1.82) is 0 Å². The van der Waals surface area contributed by atoms with Gasteiger partial charge in [0, 0.05) is 5.38 Å². The van der Waals surface area contributed by atoms with Crippen molar-refractivity contribution in [3.05, 3.63) is 11.1 Å². The van der Waals surface area contributed by atoms with E-state index < -0.39 is 5.54 Å². The van der Waals surface area contributed by atoms with Crippen molar-refractivity contribution in [1.82, 2.24) is 10.3 Å². The van der Waals surface area contributed by atoms with E-state index in [1.54, 1.807) is 5.38 Å². The number of nitrogens with two attached hydrogens (primary N) is 1. The number of anilines is 1. The maximum absolute atomic E-state index is 11.8. The molecule has 0 unspecified atom stereocenters. The first-order chi connectivity index (χ1) is 7.56. The van der Waals surface area contributed by atoms with Gasteiger partial charge in [-0.05, 0) is 12.8 Å². The quantitative estimate of drug-likeness (QED) is 0.720. The third-order valence-corrected chi connectivity index (χ3v) is 3.46. The van der Waals surface area contributed by atoms with E-state index in [2.05, 4.69) is 10.3 Å². The molecule has 0 bridgehead atoms. The molecule has 6 heteroatoms. The molecular weight excluding hydrogens is 226 g/mol. The van der Waals surface area contributed by atoms with Crippen molar-refractivity contribution < 1.29 is 9.90 Å². The summed E-state index contributed by atoms with van der Waals surface area (Å²) in [7, 11) is 0. The topological polar surface area (TPSA) is 88.2 Å². The summed E-state index contributed by atoms with van der Waals surface area (Å²) < 4.78 is 0. The van der Waals surface area contributed by atoms with E-state index in [9.17, 15) is 9.90 Å². The van der Waals surface area contributed by atoms with E-state index >= 15 is 0 Å². The minimum Gasteiger partial charge on any atom is -0.394 e. The Bertz CT molecular complexity index is 352. The maximum atomic E-state index is 11.8. The van der Waals surface area contributed by atoms with Gasteiger partial charge in [-0.15, -0.1) is 11.3 Å². The first kappa shape index (κ1) is 12.9. The smallest absolute Gasteiger partial charge is 0.271 e. The van der Waals surface area contributed by atoms with Crippen LogP contribution in [-0.4, -0.2) is 28.1 Å². The van der Waals surface area contributed by atoms with Gasteiger partial charge in [0.25, 0.3) is 5.91 Å². The van der Waals surface area contributed by atoms with Crippen LogP contribution in [0.1, 0.15) is 37.2 Å². The van der Waals surface area contributed by atoms with Gasteiger partial charge in [0.05, 0.1) is 12.1 Å². The third kappa shape index (κ3) is 2.70. The van der Waals surface area contributed by atoms with Crippen LogP contribution in [0.4, 0.5) is 5.13 Å². The highest BCUT2D eigenvalue weighted by molar-refractivity contribution is 7.13. The van der Waals surface area contributed by atoms with Crippen LogP contribution in [-0.2, 0) is 0 Å². The molecular formula is C10H17N3O2S. The van der Waals surface area contributed by atoms with Gasteiger partial charge in [0.1, 0.15) is 5.69 Å². The van der Waals surface area contributed by atoms with Crippen molar-refractivity contribution in [2.75, 3.05) is 12.3 Å². The number of nitrogens with zero attached hydrogens (tertiary/aromatic N) is 1. The Labute approximate surface area is 98.7 Å². The lowest BCUT2D eigenvalue weighted by Gasteiger charge is -2.30. The molecule has 90 valence electrons. The van der Waals surface area contributed by atoms with Crippen molar-refractivity contribution in [3.8, 4) is 0 Å². The number of hydrogen-bond acceptors (Lipinski definition) is 5. The van der Waals surface area contributed by atoms with Gasteiger partial charge >= 0.3 is 0 Å². The summed E-state index contributed by atoms with van der Waals surface area (Å²) in [5.74, 6) is -0.286. The molecule has 0 spiro atoms. The number of nitrogens with one attached hydrogen (secondary N) is 1. The Morgan fingerprint density at radius 2 is 2.25 bits per heavy atom. The van der Waals surface area contributed by atoms with E-state index in [4.69, 9.17) is 5.73 Å². The lowest BCUT2D eigenvalue weighted by molar-refractivity contribution is 0.0813. The van der Waals surface area contributed by atoms with Crippen LogP contribution in [0.5, 0.6) is 0 Å².